The van der Waals surface area contributed by atoms with Crippen molar-refractivity contribution in [3.8, 4) is 0 Å². The number of nitrogens with zero attached hydrogens (tertiary/aromatic N) is 1. The molecule has 3 heterocycles. The zero-order chi connectivity index (χ0) is 31.8. The highest BCUT2D eigenvalue weighted by Gasteiger charge is 2.43. The summed E-state index contributed by atoms with van der Waals surface area (Å²) in [6, 6.07) is 7.62. The van der Waals surface area contributed by atoms with Crippen molar-refractivity contribution in [3.05, 3.63) is 40.2 Å². The van der Waals surface area contributed by atoms with Gasteiger partial charge in [0.05, 0.1) is 6.04 Å². The Balaban J connectivity index is 0.000000386. The number of fused-ring (bicyclic) bond motifs is 1. The van der Waals surface area contributed by atoms with Gasteiger partial charge in [0.25, 0.3) is 11.5 Å². The van der Waals surface area contributed by atoms with Gasteiger partial charge in [-0.3, -0.25) is 19.4 Å². The zero-order valence-electron chi connectivity index (χ0n) is 24.8. The van der Waals surface area contributed by atoms with Gasteiger partial charge in [0.2, 0.25) is 5.95 Å². The Morgan fingerprint density at radius 1 is 1.14 bits per heavy atom. The molecule has 0 unspecified atom stereocenters. The molecule has 236 valence electrons. The Kier molecular flexibility index (Phi) is 11.4. The Bertz CT molecular complexity index is 1340. The third kappa shape index (κ3) is 9.61. The number of carboxylic acids is 2. The van der Waals surface area contributed by atoms with E-state index in [1.807, 2.05) is 0 Å². The highest BCUT2D eigenvalue weighted by atomic mass is 35.6. The minimum Gasteiger partial charge on any atom is -0.481 e. The topological polar surface area (TPSA) is 212 Å². The van der Waals surface area contributed by atoms with Crippen molar-refractivity contribution in [3.63, 3.8) is 0 Å². The molecule has 9 N–H and O–H groups in total. The number of hydrogen-bond acceptors (Lipinski definition) is 9. The molecular formula is C28H42ClN7O6Si. The highest BCUT2D eigenvalue weighted by Crippen LogP contribution is 2.48. The fraction of sp³-hybridized carbons (Fsp3) is 0.536. The SMILES string of the molecule is CC(C)(C)[Si]1(Cl)CCCCC1.Nc1nc2c(c(=O)[nH]1)N[C@H](CNc1ccc(C(=O)N[C@@H](CCC(=O)O)C(=O)O)cc1)CN2. The smallest absolute Gasteiger partial charge is 0.326 e. The van der Waals surface area contributed by atoms with Crippen LogP contribution in [0.1, 0.15) is 63.2 Å². The first-order chi connectivity index (χ1) is 20.2. The number of anilines is 4. The highest BCUT2D eigenvalue weighted by molar-refractivity contribution is 7.21. The molecule has 2 aliphatic rings. The van der Waals surface area contributed by atoms with Gasteiger partial charge in [0.1, 0.15) is 11.7 Å². The lowest BCUT2D eigenvalue weighted by Crippen LogP contribution is -2.41. The normalized spacial score (nSPS) is 17.9. The molecule has 15 heteroatoms. The molecule has 1 saturated heterocycles. The van der Waals surface area contributed by atoms with E-state index in [4.69, 9.17) is 27.0 Å². The molecule has 2 atom stereocenters. The Hall–Kier alpha value is -3.78. The van der Waals surface area contributed by atoms with Crippen LogP contribution in [0.4, 0.5) is 23.1 Å². The number of nitrogens with one attached hydrogen (secondary N) is 5. The first-order valence-corrected chi connectivity index (χ1v) is 17.8. The number of amides is 1. The van der Waals surface area contributed by atoms with Crippen molar-refractivity contribution in [2.24, 2.45) is 0 Å². The molecule has 0 radical (unpaired) electrons. The number of halogens is 1. The van der Waals surface area contributed by atoms with Crippen LogP contribution < -0.4 is 32.6 Å². The van der Waals surface area contributed by atoms with E-state index in [0.29, 0.717) is 35.3 Å². The zero-order valence-corrected chi connectivity index (χ0v) is 26.5. The van der Waals surface area contributed by atoms with Gasteiger partial charge in [-0.2, -0.15) is 16.1 Å². The standard InChI is InChI=1S/C19H23N7O6.C9H19ClSi/c20-19-25-15-14(17(30)26-19)23-11(8-22-15)7-21-10-3-1-9(2-4-10)16(29)24-12(18(31)32)5-6-13(27)28;1-9(2,3)11(10)7-5-4-6-8-11/h1-4,11-12,21,23H,5-8H2,(H,24,29)(H,27,28)(H,31,32)(H4,20,22,25,26,30);4-8H2,1-3H3/t11-,12+;/m1./s1. The molecule has 1 fully saturated rings. The van der Waals surface area contributed by atoms with Crippen molar-refractivity contribution in [2.75, 3.05) is 34.8 Å². The van der Waals surface area contributed by atoms with Gasteiger partial charge in [-0.25, -0.2) is 4.79 Å². The average Bonchev–Trinajstić information content (AvgIpc) is 2.94. The molecule has 1 aromatic carbocycles. The first kappa shape index (κ1) is 33.7. The van der Waals surface area contributed by atoms with Gasteiger partial charge in [-0.15, -0.1) is 0 Å². The molecule has 2 aliphatic heterocycles. The van der Waals surface area contributed by atoms with Crippen molar-refractivity contribution >= 4 is 59.4 Å². The number of nitrogen functional groups attached to an aromatic ring is 1. The predicted molar refractivity (Wildman–Crippen MR) is 171 cm³/mol. The van der Waals surface area contributed by atoms with E-state index < -0.39 is 31.3 Å². The molecule has 0 aliphatic carbocycles. The van der Waals surface area contributed by atoms with Crippen LogP contribution in [-0.2, 0) is 9.59 Å². The summed E-state index contributed by atoms with van der Waals surface area (Å²) in [7, 11) is -1.37. The fourth-order valence-corrected chi connectivity index (χ4v) is 9.13. The molecule has 0 spiro atoms. The minimum atomic E-state index is -1.37. The lowest BCUT2D eigenvalue weighted by Gasteiger charge is -2.40. The molecule has 1 amide bonds. The van der Waals surface area contributed by atoms with Crippen LogP contribution in [0.2, 0.25) is 17.1 Å². The van der Waals surface area contributed by atoms with Crippen LogP contribution in [0.5, 0.6) is 0 Å². The van der Waals surface area contributed by atoms with Crippen LogP contribution >= 0.6 is 11.1 Å². The van der Waals surface area contributed by atoms with Crippen molar-refractivity contribution < 1.29 is 24.6 Å². The number of nitrogens with two attached hydrogens (primary N) is 1. The summed E-state index contributed by atoms with van der Waals surface area (Å²) in [4.78, 5) is 52.6. The maximum absolute atomic E-state index is 12.3. The second-order valence-corrected chi connectivity index (χ2v) is 18.5. The van der Waals surface area contributed by atoms with Crippen LogP contribution in [0, 0.1) is 0 Å². The first-order valence-electron chi connectivity index (χ1n) is 14.4. The van der Waals surface area contributed by atoms with E-state index in [-0.39, 0.29) is 36.0 Å². The van der Waals surface area contributed by atoms with Crippen molar-refractivity contribution in [1.82, 2.24) is 15.3 Å². The van der Waals surface area contributed by atoms with E-state index in [2.05, 4.69) is 52.0 Å². The molecule has 0 saturated carbocycles. The molecule has 4 rings (SSSR count). The second-order valence-electron chi connectivity index (χ2n) is 11.9. The Morgan fingerprint density at radius 3 is 2.35 bits per heavy atom. The van der Waals surface area contributed by atoms with E-state index in [1.54, 1.807) is 12.1 Å². The summed E-state index contributed by atoms with van der Waals surface area (Å²) in [5.74, 6) is -2.64. The van der Waals surface area contributed by atoms with Gasteiger partial charge in [0, 0.05) is 30.8 Å². The molecule has 1 aromatic heterocycles. The van der Waals surface area contributed by atoms with E-state index in [0.717, 1.165) is 0 Å². The monoisotopic (exact) mass is 635 g/mol. The van der Waals surface area contributed by atoms with Gasteiger partial charge in [-0.1, -0.05) is 40.0 Å². The molecule has 43 heavy (non-hydrogen) atoms. The third-order valence-corrected chi connectivity index (χ3v) is 15.6. The lowest BCUT2D eigenvalue weighted by molar-refractivity contribution is -0.140. The number of aliphatic carboxylic acids is 2. The van der Waals surface area contributed by atoms with Gasteiger partial charge >= 0.3 is 11.9 Å². The number of carbonyl (C=O) groups excluding carboxylic acids is 1. The molecule has 0 bridgehead atoms. The van der Waals surface area contributed by atoms with E-state index in [9.17, 15) is 19.2 Å². The summed E-state index contributed by atoms with van der Waals surface area (Å²) >= 11 is 6.69. The third-order valence-electron chi connectivity index (χ3n) is 7.74. The molecule has 13 nitrogen and oxygen atoms in total. The number of carbonyl (C=O) groups is 3. The number of aromatic nitrogens is 2. The summed E-state index contributed by atoms with van der Waals surface area (Å²) < 4.78 is 0. The number of benzene rings is 1. The van der Waals surface area contributed by atoms with Crippen LogP contribution in [-0.4, -0.2) is 70.6 Å². The number of hydrogen-bond donors (Lipinski definition) is 8. The number of aromatic amines is 1. The average molecular weight is 636 g/mol. The summed E-state index contributed by atoms with van der Waals surface area (Å²) in [5, 5.41) is 29.9. The Morgan fingerprint density at radius 2 is 1.79 bits per heavy atom. The van der Waals surface area contributed by atoms with E-state index in [1.165, 1.54) is 43.5 Å². The van der Waals surface area contributed by atoms with Gasteiger partial charge < -0.3 is 37.2 Å². The predicted octanol–water partition coefficient (Wildman–Crippen LogP) is 3.87. The maximum Gasteiger partial charge on any atom is 0.326 e. The summed E-state index contributed by atoms with van der Waals surface area (Å²) in [5.41, 5.74) is 6.40. The van der Waals surface area contributed by atoms with Gasteiger partial charge in [-0.05, 0) is 47.8 Å². The van der Waals surface area contributed by atoms with Crippen molar-refractivity contribution in [2.45, 2.75) is 82.1 Å². The number of H-pyrrole nitrogens is 1. The van der Waals surface area contributed by atoms with E-state index >= 15 is 0 Å². The van der Waals surface area contributed by atoms with Crippen LogP contribution in [0.3, 0.4) is 0 Å². The second kappa shape index (κ2) is 14.6. The summed E-state index contributed by atoms with van der Waals surface area (Å²) in [6.45, 7) is 7.91. The van der Waals surface area contributed by atoms with Crippen LogP contribution in [0.25, 0.3) is 0 Å². The van der Waals surface area contributed by atoms with Crippen molar-refractivity contribution in [1.29, 1.82) is 0 Å². The number of carboxylic acid groups (broad SMARTS) is 2. The number of rotatable bonds is 9. The molecule has 2 aromatic rings. The quantitative estimate of drug-likeness (QED) is 0.146. The fourth-order valence-electron chi connectivity index (χ4n) is 4.96. The molecular weight excluding hydrogens is 594 g/mol. The minimum absolute atomic E-state index is 0.0281. The Labute approximate surface area is 256 Å². The largest absolute Gasteiger partial charge is 0.481 e. The lowest BCUT2D eigenvalue weighted by atomic mass is 10.1. The maximum atomic E-state index is 12.3. The van der Waals surface area contributed by atoms with Crippen LogP contribution in [0.15, 0.2) is 29.1 Å². The van der Waals surface area contributed by atoms with Gasteiger partial charge in [0.15, 0.2) is 13.2 Å². The summed E-state index contributed by atoms with van der Waals surface area (Å²) in [6.07, 6.45) is 3.59.